The Bertz CT molecular complexity index is 1080. The standard InChI is InChI=1S/C23H24N2O4S/c26-19-3-1-2-15(11-19)16-6-8-24-18(10-16)7-9-30-14-17-13-25-22-5-4-20(12-21(17)22)29-23(27)28/h1-6,11-13,18,24-26H,7-10,14H2,(H,27,28). The van der Waals surface area contributed by atoms with E-state index in [1.807, 2.05) is 42.2 Å². The van der Waals surface area contributed by atoms with Crippen LogP contribution >= 0.6 is 11.8 Å². The molecule has 2 heterocycles. The average molecular weight is 425 g/mol. The molecule has 4 N–H and O–H groups in total. The van der Waals surface area contributed by atoms with Crippen molar-refractivity contribution in [3.05, 3.63) is 65.9 Å². The number of nitrogens with one attached hydrogen (secondary N) is 2. The Labute approximate surface area is 179 Å². The Morgan fingerprint density at radius 3 is 2.97 bits per heavy atom. The van der Waals surface area contributed by atoms with E-state index >= 15 is 0 Å². The molecule has 1 unspecified atom stereocenters. The number of hydrogen-bond acceptors (Lipinski definition) is 5. The van der Waals surface area contributed by atoms with Crippen LogP contribution in [0, 0.1) is 0 Å². The van der Waals surface area contributed by atoms with Gasteiger partial charge < -0.3 is 25.3 Å². The third-order valence-corrected chi connectivity index (χ3v) is 6.29. The summed E-state index contributed by atoms with van der Waals surface area (Å²) in [6, 6.07) is 13.1. The maximum atomic E-state index is 10.8. The topological polar surface area (TPSA) is 94.6 Å². The smallest absolute Gasteiger partial charge is 0.508 e. The summed E-state index contributed by atoms with van der Waals surface area (Å²) in [5, 5.41) is 23.1. The lowest BCUT2D eigenvalue weighted by atomic mass is 9.94. The molecule has 6 nitrogen and oxygen atoms in total. The number of phenolic OH excluding ortho intramolecular Hbond substituents is 1. The minimum absolute atomic E-state index is 0.301. The van der Waals surface area contributed by atoms with Crippen molar-refractivity contribution in [1.82, 2.24) is 10.3 Å². The van der Waals surface area contributed by atoms with Crippen LogP contribution in [0.15, 0.2) is 54.7 Å². The summed E-state index contributed by atoms with van der Waals surface area (Å²) in [6.45, 7) is 0.842. The van der Waals surface area contributed by atoms with Crippen LogP contribution in [0.4, 0.5) is 4.79 Å². The molecule has 1 aliphatic heterocycles. The normalized spacial score (nSPS) is 16.4. The van der Waals surface area contributed by atoms with Gasteiger partial charge in [-0.2, -0.15) is 11.8 Å². The first-order chi connectivity index (χ1) is 14.6. The van der Waals surface area contributed by atoms with Gasteiger partial charge in [0.2, 0.25) is 0 Å². The minimum atomic E-state index is -1.31. The number of H-pyrrole nitrogens is 1. The maximum Gasteiger partial charge on any atom is 0.511 e. The van der Waals surface area contributed by atoms with E-state index in [-0.39, 0.29) is 0 Å². The number of fused-ring (bicyclic) bond motifs is 1. The first-order valence-electron chi connectivity index (χ1n) is 9.89. The van der Waals surface area contributed by atoms with Crippen LogP contribution in [-0.4, -0.2) is 39.7 Å². The summed E-state index contributed by atoms with van der Waals surface area (Å²) in [4.78, 5) is 14.0. The number of phenols is 1. The van der Waals surface area contributed by atoms with Crippen molar-refractivity contribution in [2.24, 2.45) is 0 Å². The molecule has 30 heavy (non-hydrogen) atoms. The van der Waals surface area contributed by atoms with Gasteiger partial charge in [-0.05, 0) is 65.6 Å². The zero-order valence-electron chi connectivity index (χ0n) is 16.4. The third kappa shape index (κ3) is 4.98. The van der Waals surface area contributed by atoms with Crippen molar-refractivity contribution >= 4 is 34.4 Å². The molecule has 0 fully saturated rings. The number of benzene rings is 2. The zero-order chi connectivity index (χ0) is 20.9. The van der Waals surface area contributed by atoms with Gasteiger partial charge in [-0.1, -0.05) is 18.2 Å². The van der Waals surface area contributed by atoms with Crippen LogP contribution in [-0.2, 0) is 5.75 Å². The molecule has 2 aromatic carbocycles. The van der Waals surface area contributed by atoms with Gasteiger partial charge in [-0.15, -0.1) is 0 Å². The van der Waals surface area contributed by atoms with Crippen LogP contribution < -0.4 is 10.1 Å². The lowest BCUT2D eigenvalue weighted by Crippen LogP contribution is -2.33. The molecule has 0 aliphatic carbocycles. The maximum absolute atomic E-state index is 10.8. The van der Waals surface area contributed by atoms with Gasteiger partial charge in [0, 0.05) is 35.4 Å². The molecular formula is C23H24N2O4S. The Kier molecular flexibility index (Phi) is 6.30. The highest BCUT2D eigenvalue weighted by atomic mass is 32.2. The van der Waals surface area contributed by atoms with Crippen LogP contribution in [0.1, 0.15) is 24.0 Å². The van der Waals surface area contributed by atoms with Gasteiger partial charge in [0.05, 0.1) is 0 Å². The molecule has 0 saturated heterocycles. The molecule has 1 aromatic heterocycles. The molecule has 1 aliphatic rings. The summed E-state index contributed by atoms with van der Waals surface area (Å²) in [5.74, 6) is 2.50. The summed E-state index contributed by atoms with van der Waals surface area (Å²) in [7, 11) is 0. The molecule has 7 heteroatoms. The van der Waals surface area contributed by atoms with E-state index in [0.29, 0.717) is 17.5 Å². The number of carbonyl (C=O) groups is 1. The number of carboxylic acid groups (broad SMARTS) is 1. The van der Waals surface area contributed by atoms with Crippen molar-refractivity contribution in [1.29, 1.82) is 0 Å². The largest absolute Gasteiger partial charge is 0.511 e. The van der Waals surface area contributed by atoms with Crippen LogP contribution in [0.3, 0.4) is 0 Å². The Morgan fingerprint density at radius 2 is 2.13 bits per heavy atom. The van der Waals surface area contributed by atoms with E-state index in [2.05, 4.69) is 16.4 Å². The van der Waals surface area contributed by atoms with Gasteiger partial charge in [-0.3, -0.25) is 0 Å². The van der Waals surface area contributed by atoms with Gasteiger partial charge >= 0.3 is 6.16 Å². The second-order valence-corrected chi connectivity index (χ2v) is 8.42. The SMILES string of the molecule is O=C(O)Oc1ccc2[nH]cc(CSCCC3CC(c4cccc(O)c4)=CCN3)c2c1. The lowest BCUT2D eigenvalue weighted by molar-refractivity contribution is 0.144. The molecule has 156 valence electrons. The molecule has 0 saturated carbocycles. The molecule has 0 amide bonds. The Hall–Kier alpha value is -2.90. The molecular weight excluding hydrogens is 400 g/mol. The van der Waals surface area contributed by atoms with E-state index in [1.54, 1.807) is 18.2 Å². The highest BCUT2D eigenvalue weighted by molar-refractivity contribution is 7.98. The second kappa shape index (κ2) is 9.28. The predicted octanol–water partition coefficient (Wildman–Crippen LogP) is 5.00. The summed E-state index contributed by atoms with van der Waals surface area (Å²) in [5.41, 5.74) is 4.48. The van der Waals surface area contributed by atoms with Gasteiger partial charge in [0.1, 0.15) is 11.5 Å². The molecule has 4 rings (SSSR count). The number of aromatic nitrogens is 1. The van der Waals surface area contributed by atoms with Crippen LogP contribution in [0.5, 0.6) is 11.5 Å². The summed E-state index contributed by atoms with van der Waals surface area (Å²) >= 11 is 1.86. The van der Waals surface area contributed by atoms with Crippen molar-refractivity contribution in [2.75, 3.05) is 12.3 Å². The van der Waals surface area contributed by atoms with Crippen molar-refractivity contribution < 1.29 is 19.7 Å². The minimum Gasteiger partial charge on any atom is -0.508 e. The number of ether oxygens (including phenoxy) is 1. The van der Waals surface area contributed by atoms with Gasteiger partial charge in [-0.25, -0.2) is 4.79 Å². The average Bonchev–Trinajstić information content (AvgIpc) is 3.13. The number of rotatable bonds is 7. The van der Waals surface area contributed by atoms with Crippen molar-refractivity contribution in [2.45, 2.75) is 24.6 Å². The zero-order valence-corrected chi connectivity index (χ0v) is 17.2. The number of aromatic amines is 1. The van der Waals surface area contributed by atoms with Crippen molar-refractivity contribution in [3.8, 4) is 11.5 Å². The molecule has 0 spiro atoms. The molecule has 1 atom stereocenters. The highest BCUT2D eigenvalue weighted by Crippen LogP contribution is 2.29. The fourth-order valence-corrected chi connectivity index (χ4v) is 4.82. The van der Waals surface area contributed by atoms with Gasteiger partial charge in [0.25, 0.3) is 0 Å². The lowest BCUT2D eigenvalue weighted by Gasteiger charge is -2.24. The quantitative estimate of drug-likeness (QED) is 0.242. The van der Waals surface area contributed by atoms with E-state index in [1.165, 1.54) is 5.57 Å². The number of thioether (sulfide) groups is 1. The van der Waals surface area contributed by atoms with E-state index in [9.17, 15) is 9.90 Å². The second-order valence-electron chi connectivity index (χ2n) is 7.32. The van der Waals surface area contributed by atoms with Crippen LogP contribution in [0.25, 0.3) is 16.5 Å². The number of hydrogen-bond donors (Lipinski definition) is 4. The Morgan fingerprint density at radius 1 is 1.23 bits per heavy atom. The fourth-order valence-electron chi connectivity index (χ4n) is 3.76. The van der Waals surface area contributed by atoms with Crippen molar-refractivity contribution in [3.63, 3.8) is 0 Å². The fraction of sp³-hybridized carbons (Fsp3) is 0.261. The predicted molar refractivity (Wildman–Crippen MR) is 120 cm³/mol. The monoisotopic (exact) mass is 424 g/mol. The first kappa shape index (κ1) is 20.4. The van der Waals surface area contributed by atoms with E-state index in [0.717, 1.165) is 52.9 Å². The third-order valence-electron chi connectivity index (χ3n) is 5.25. The van der Waals surface area contributed by atoms with E-state index in [4.69, 9.17) is 9.84 Å². The van der Waals surface area contributed by atoms with Crippen LogP contribution in [0.2, 0.25) is 0 Å². The molecule has 0 radical (unpaired) electrons. The summed E-state index contributed by atoms with van der Waals surface area (Å²) in [6.07, 6.45) is 4.87. The molecule has 3 aromatic rings. The van der Waals surface area contributed by atoms with Gasteiger partial charge in [0.15, 0.2) is 0 Å². The number of aromatic hydroxyl groups is 1. The van der Waals surface area contributed by atoms with E-state index < -0.39 is 6.16 Å². The first-order valence-corrected chi connectivity index (χ1v) is 11.0. The summed E-state index contributed by atoms with van der Waals surface area (Å²) < 4.78 is 4.77. The molecule has 0 bridgehead atoms. The Balaban J connectivity index is 1.30. The highest BCUT2D eigenvalue weighted by Gasteiger charge is 2.16.